The first-order valence-electron chi connectivity index (χ1n) is 8.44. The summed E-state index contributed by atoms with van der Waals surface area (Å²) in [7, 11) is 0. The van der Waals surface area contributed by atoms with Crippen molar-refractivity contribution < 1.29 is 14.0 Å². The lowest BCUT2D eigenvalue weighted by Crippen LogP contribution is -2.41. The van der Waals surface area contributed by atoms with E-state index in [1.54, 1.807) is 11.0 Å². The highest BCUT2D eigenvalue weighted by Gasteiger charge is 2.32. The summed E-state index contributed by atoms with van der Waals surface area (Å²) in [6, 6.07) is 6.17. The number of nitrogens with one attached hydrogen (secondary N) is 1. The highest BCUT2D eigenvalue weighted by molar-refractivity contribution is 5.83. The Morgan fingerprint density at radius 3 is 2.78 bits per heavy atom. The highest BCUT2D eigenvalue weighted by Crippen LogP contribution is 2.24. The van der Waals surface area contributed by atoms with Crippen molar-refractivity contribution in [3.05, 3.63) is 35.6 Å². The van der Waals surface area contributed by atoms with Crippen LogP contribution < -0.4 is 5.32 Å². The van der Waals surface area contributed by atoms with Crippen LogP contribution in [0.4, 0.5) is 4.39 Å². The molecule has 0 radical (unpaired) electrons. The fraction of sp³-hybridized carbons (Fsp3) is 0.556. The van der Waals surface area contributed by atoms with Gasteiger partial charge in [-0.15, -0.1) is 0 Å². The summed E-state index contributed by atoms with van der Waals surface area (Å²) in [5.74, 6) is -0.0780. The lowest BCUT2D eigenvalue weighted by Gasteiger charge is -2.23. The molecule has 1 aliphatic carbocycles. The predicted octanol–water partition coefficient (Wildman–Crippen LogP) is 2.62. The highest BCUT2D eigenvalue weighted by atomic mass is 19.1. The Hall–Kier alpha value is -1.91. The van der Waals surface area contributed by atoms with Crippen molar-refractivity contribution >= 4 is 11.8 Å². The second-order valence-electron chi connectivity index (χ2n) is 6.65. The van der Waals surface area contributed by atoms with Crippen LogP contribution in [-0.4, -0.2) is 29.3 Å². The van der Waals surface area contributed by atoms with Crippen LogP contribution >= 0.6 is 0 Å². The molecule has 1 N–H and O–H groups in total. The molecule has 1 saturated heterocycles. The molecule has 1 atom stereocenters. The second kappa shape index (κ2) is 7.11. The van der Waals surface area contributed by atoms with Crippen molar-refractivity contribution in [3.63, 3.8) is 0 Å². The van der Waals surface area contributed by atoms with Crippen molar-refractivity contribution in [2.75, 3.05) is 6.54 Å². The quantitative estimate of drug-likeness (QED) is 0.928. The molecule has 0 spiro atoms. The standard InChI is InChI=1S/C18H23FN2O2/c19-15-8-4-5-13(9-15)11-21-12-16(10-17(21)22)20-18(23)14-6-2-1-3-7-14/h4-5,8-9,14,16H,1-3,6-7,10-12H2,(H,20,23)/t16-/m0/s1. The minimum atomic E-state index is -0.295. The molecule has 5 heteroatoms. The van der Waals surface area contributed by atoms with E-state index in [2.05, 4.69) is 5.32 Å². The largest absolute Gasteiger partial charge is 0.351 e. The van der Waals surface area contributed by atoms with Gasteiger partial charge in [0.15, 0.2) is 0 Å². The van der Waals surface area contributed by atoms with E-state index in [-0.39, 0.29) is 29.6 Å². The molecule has 1 heterocycles. The summed E-state index contributed by atoms with van der Waals surface area (Å²) in [6.07, 6.45) is 5.71. The lowest BCUT2D eigenvalue weighted by atomic mass is 9.88. The van der Waals surface area contributed by atoms with Crippen LogP contribution in [0.1, 0.15) is 44.1 Å². The number of hydrogen-bond acceptors (Lipinski definition) is 2. The van der Waals surface area contributed by atoms with Crippen molar-refractivity contribution in [2.45, 2.75) is 51.1 Å². The number of nitrogens with zero attached hydrogens (tertiary/aromatic N) is 1. The first-order chi connectivity index (χ1) is 11.1. The van der Waals surface area contributed by atoms with E-state index in [1.165, 1.54) is 18.6 Å². The number of carbonyl (C=O) groups excluding carboxylic acids is 2. The van der Waals surface area contributed by atoms with Gasteiger partial charge in [0.2, 0.25) is 11.8 Å². The van der Waals surface area contributed by atoms with E-state index in [0.717, 1.165) is 31.2 Å². The van der Waals surface area contributed by atoms with E-state index >= 15 is 0 Å². The number of benzene rings is 1. The molecular formula is C18H23FN2O2. The van der Waals surface area contributed by atoms with E-state index < -0.39 is 0 Å². The Bertz CT molecular complexity index is 584. The van der Waals surface area contributed by atoms with Gasteiger partial charge in [0.25, 0.3) is 0 Å². The fourth-order valence-electron chi connectivity index (χ4n) is 3.56. The summed E-state index contributed by atoms with van der Waals surface area (Å²) in [4.78, 5) is 26.1. The third kappa shape index (κ3) is 4.09. The number of rotatable bonds is 4. The smallest absolute Gasteiger partial charge is 0.225 e. The molecule has 1 aliphatic heterocycles. The normalized spacial score (nSPS) is 22.4. The van der Waals surface area contributed by atoms with Crippen molar-refractivity contribution in [3.8, 4) is 0 Å². The minimum Gasteiger partial charge on any atom is -0.351 e. The monoisotopic (exact) mass is 318 g/mol. The van der Waals surface area contributed by atoms with Gasteiger partial charge in [-0.3, -0.25) is 9.59 Å². The Balaban J connectivity index is 1.53. The molecule has 1 saturated carbocycles. The summed E-state index contributed by atoms with van der Waals surface area (Å²) in [5.41, 5.74) is 0.776. The summed E-state index contributed by atoms with van der Waals surface area (Å²) < 4.78 is 13.2. The zero-order valence-electron chi connectivity index (χ0n) is 13.3. The van der Waals surface area contributed by atoms with Crippen molar-refractivity contribution in [1.82, 2.24) is 10.2 Å². The summed E-state index contributed by atoms with van der Waals surface area (Å²) in [6.45, 7) is 0.903. The number of likely N-dealkylation sites (tertiary alicyclic amines) is 1. The van der Waals surface area contributed by atoms with Gasteiger partial charge in [-0.25, -0.2) is 4.39 Å². The first kappa shape index (κ1) is 16.0. The van der Waals surface area contributed by atoms with Crippen LogP contribution in [-0.2, 0) is 16.1 Å². The maximum atomic E-state index is 13.2. The van der Waals surface area contributed by atoms with E-state index in [4.69, 9.17) is 0 Å². The molecule has 3 rings (SSSR count). The Morgan fingerprint density at radius 1 is 1.26 bits per heavy atom. The van der Waals surface area contributed by atoms with Gasteiger partial charge < -0.3 is 10.2 Å². The van der Waals surface area contributed by atoms with Crippen molar-refractivity contribution in [1.29, 1.82) is 0 Å². The Morgan fingerprint density at radius 2 is 2.04 bits per heavy atom. The molecule has 1 aromatic carbocycles. The molecule has 4 nitrogen and oxygen atoms in total. The zero-order chi connectivity index (χ0) is 16.2. The molecule has 0 bridgehead atoms. The molecule has 1 aromatic rings. The van der Waals surface area contributed by atoms with Crippen molar-refractivity contribution in [2.24, 2.45) is 5.92 Å². The average molecular weight is 318 g/mol. The molecule has 124 valence electrons. The van der Waals surface area contributed by atoms with E-state index in [1.807, 2.05) is 6.07 Å². The van der Waals surface area contributed by atoms with E-state index in [9.17, 15) is 14.0 Å². The SMILES string of the molecule is O=C(N[C@H]1CC(=O)N(Cc2cccc(F)c2)C1)C1CCCCC1. The van der Waals surface area contributed by atoms with Crippen LogP contribution in [0.25, 0.3) is 0 Å². The maximum Gasteiger partial charge on any atom is 0.225 e. The lowest BCUT2D eigenvalue weighted by molar-refractivity contribution is -0.128. The minimum absolute atomic E-state index is 0.0169. The number of halogens is 1. The Labute approximate surface area is 136 Å². The molecule has 2 aliphatic rings. The maximum absolute atomic E-state index is 13.2. The van der Waals surface area contributed by atoms with Crippen LogP contribution in [0, 0.1) is 11.7 Å². The number of amides is 2. The molecule has 0 aromatic heterocycles. The molecule has 2 amide bonds. The van der Waals surface area contributed by atoms with Gasteiger partial charge in [0.1, 0.15) is 5.82 Å². The van der Waals surface area contributed by atoms with Gasteiger partial charge in [-0.2, -0.15) is 0 Å². The van der Waals surface area contributed by atoms with Gasteiger partial charge in [-0.05, 0) is 30.5 Å². The van der Waals surface area contributed by atoms with Gasteiger partial charge >= 0.3 is 0 Å². The fourth-order valence-corrected chi connectivity index (χ4v) is 3.56. The third-order valence-corrected chi connectivity index (χ3v) is 4.80. The van der Waals surface area contributed by atoms with Crippen LogP contribution in [0.2, 0.25) is 0 Å². The zero-order valence-corrected chi connectivity index (χ0v) is 13.3. The average Bonchev–Trinajstić information content (AvgIpc) is 2.87. The predicted molar refractivity (Wildman–Crippen MR) is 84.9 cm³/mol. The number of hydrogen-bond donors (Lipinski definition) is 1. The van der Waals surface area contributed by atoms with Crippen LogP contribution in [0.3, 0.4) is 0 Å². The van der Waals surface area contributed by atoms with Gasteiger partial charge in [0, 0.05) is 25.4 Å². The van der Waals surface area contributed by atoms with Crippen LogP contribution in [0.5, 0.6) is 0 Å². The van der Waals surface area contributed by atoms with Gasteiger partial charge in [0.05, 0.1) is 6.04 Å². The second-order valence-corrected chi connectivity index (χ2v) is 6.65. The Kier molecular flexibility index (Phi) is 4.94. The molecular weight excluding hydrogens is 295 g/mol. The number of carbonyl (C=O) groups is 2. The first-order valence-corrected chi connectivity index (χ1v) is 8.44. The molecule has 23 heavy (non-hydrogen) atoms. The molecule has 0 unspecified atom stereocenters. The summed E-state index contributed by atoms with van der Waals surface area (Å²) in [5, 5.41) is 3.03. The van der Waals surface area contributed by atoms with E-state index in [0.29, 0.717) is 19.5 Å². The summed E-state index contributed by atoms with van der Waals surface area (Å²) >= 11 is 0. The van der Waals surface area contributed by atoms with Crippen LogP contribution in [0.15, 0.2) is 24.3 Å². The topological polar surface area (TPSA) is 49.4 Å². The van der Waals surface area contributed by atoms with Gasteiger partial charge in [-0.1, -0.05) is 31.4 Å². The third-order valence-electron chi connectivity index (χ3n) is 4.80. The molecule has 2 fully saturated rings.